The summed E-state index contributed by atoms with van der Waals surface area (Å²) in [5, 5.41) is 0. The Labute approximate surface area is 63.1 Å². The molecule has 4 amide bonds. The van der Waals surface area contributed by atoms with Crippen LogP contribution in [-0.2, 0) is 9.59 Å². The van der Waals surface area contributed by atoms with Crippen molar-refractivity contribution in [3.05, 3.63) is 0 Å². The summed E-state index contributed by atoms with van der Waals surface area (Å²) >= 11 is 0. The minimum Gasteiger partial charge on any atom is -0.351 e. The number of primary amides is 1. The van der Waals surface area contributed by atoms with Crippen molar-refractivity contribution in [3.8, 4) is 0 Å². The lowest BCUT2D eigenvalue weighted by Crippen LogP contribution is -2.40. The van der Waals surface area contributed by atoms with E-state index >= 15 is 0 Å². The summed E-state index contributed by atoms with van der Waals surface area (Å²) in [6, 6.07) is -0.982. The molecule has 1 saturated heterocycles. The molecule has 0 aromatic rings. The molecule has 1 aliphatic heterocycles. The van der Waals surface area contributed by atoms with E-state index in [-0.39, 0.29) is 6.42 Å². The number of hydrogen-bond acceptors (Lipinski definition) is 3. The zero-order valence-electron chi connectivity index (χ0n) is 6.03. The predicted molar refractivity (Wildman–Crippen MR) is 35.2 cm³/mol. The molecule has 0 radical (unpaired) electrons. The van der Waals surface area contributed by atoms with Crippen molar-refractivity contribution in [1.82, 2.24) is 4.90 Å². The lowest BCUT2D eigenvalue weighted by Gasteiger charge is -2.06. The number of nitrogens with two attached hydrogens (primary N) is 1. The maximum absolute atomic E-state index is 11.0. The third-order valence-corrected chi connectivity index (χ3v) is 1.59. The summed E-state index contributed by atoms with van der Waals surface area (Å²) in [7, 11) is 0. The Bertz CT molecular complexity index is 236. The standard InChI is InChI=1S/C6H8N2O3/c1-3-2-4(9)8(5(3)10)6(7)11/h3H,2H2,1H3,(H2,7,11)/t3-/m1/s1. The summed E-state index contributed by atoms with van der Waals surface area (Å²) in [5.74, 6) is -1.41. The topological polar surface area (TPSA) is 80.5 Å². The molecule has 0 aromatic heterocycles. The van der Waals surface area contributed by atoms with Crippen LogP contribution in [0, 0.1) is 5.92 Å². The number of urea groups is 1. The maximum Gasteiger partial charge on any atom is 0.328 e. The second kappa shape index (κ2) is 2.34. The van der Waals surface area contributed by atoms with Gasteiger partial charge < -0.3 is 5.73 Å². The van der Waals surface area contributed by atoms with Crippen molar-refractivity contribution >= 4 is 17.8 Å². The van der Waals surface area contributed by atoms with Crippen molar-refractivity contribution in [2.24, 2.45) is 11.7 Å². The monoisotopic (exact) mass is 156 g/mol. The predicted octanol–water partition coefficient (Wildman–Crippen LogP) is -0.540. The van der Waals surface area contributed by atoms with Crippen LogP contribution in [0.4, 0.5) is 4.79 Å². The fraction of sp³-hybridized carbons (Fsp3) is 0.500. The molecular formula is C6H8N2O3. The van der Waals surface area contributed by atoms with Crippen molar-refractivity contribution in [2.75, 3.05) is 0 Å². The van der Waals surface area contributed by atoms with Gasteiger partial charge in [-0.15, -0.1) is 0 Å². The average Bonchev–Trinajstić information content (AvgIpc) is 2.07. The van der Waals surface area contributed by atoms with Crippen LogP contribution in [-0.4, -0.2) is 22.7 Å². The van der Waals surface area contributed by atoms with E-state index < -0.39 is 23.8 Å². The van der Waals surface area contributed by atoms with Crippen molar-refractivity contribution in [1.29, 1.82) is 0 Å². The zero-order valence-corrected chi connectivity index (χ0v) is 6.03. The highest BCUT2D eigenvalue weighted by atomic mass is 16.2. The van der Waals surface area contributed by atoms with Gasteiger partial charge in [-0.2, -0.15) is 0 Å². The number of likely N-dealkylation sites (tertiary alicyclic amines) is 1. The molecule has 60 valence electrons. The molecule has 0 saturated carbocycles. The first-order valence-corrected chi connectivity index (χ1v) is 3.20. The van der Waals surface area contributed by atoms with Gasteiger partial charge in [-0.25, -0.2) is 9.69 Å². The van der Waals surface area contributed by atoms with Crippen LogP contribution < -0.4 is 5.73 Å². The van der Waals surface area contributed by atoms with Crippen LogP contribution in [0.1, 0.15) is 13.3 Å². The Morgan fingerprint density at radius 3 is 2.36 bits per heavy atom. The molecule has 0 aromatic carbocycles. The minimum absolute atomic E-state index is 0.0851. The van der Waals surface area contributed by atoms with E-state index in [1.54, 1.807) is 6.92 Å². The Hall–Kier alpha value is -1.39. The molecule has 5 heteroatoms. The van der Waals surface area contributed by atoms with Gasteiger partial charge in [0.2, 0.25) is 11.8 Å². The van der Waals surface area contributed by atoms with Crippen LogP contribution in [0.15, 0.2) is 0 Å². The third-order valence-electron chi connectivity index (χ3n) is 1.59. The number of amides is 4. The first-order valence-electron chi connectivity index (χ1n) is 3.20. The first kappa shape index (κ1) is 7.71. The van der Waals surface area contributed by atoms with E-state index in [9.17, 15) is 14.4 Å². The van der Waals surface area contributed by atoms with Crippen LogP contribution in [0.25, 0.3) is 0 Å². The van der Waals surface area contributed by atoms with Gasteiger partial charge in [-0.05, 0) is 0 Å². The van der Waals surface area contributed by atoms with Crippen LogP contribution in [0.3, 0.4) is 0 Å². The number of rotatable bonds is 0. The van der Waals surface area contributed by atoms with Crippen molar-refractivity contribution in [2.45, 2.75) is 13.3 Å². The Morgan fingerprint density at radius 1 is 1.64 bits per heavy atom. The van der Waals surface area contributed by atoms with Crippen molar-refractivity contribution in [3.63, 3.8) is 0 Å². The van der Waals surface area contributed by atoms with Crippen molar-refractivity contribution < 1.29 is 14.4 Å². The molecule has 2 N–H and O–H groups in total. The van der Waals surface area contributed by atoms with E-state index in [1.807, 2.05) is 0 Å². The van der Waals surface area contributed by atoms with Gasteiger partial charge in [0.1, 0.15) is 0 Å². The minimum atomic E-state index is -0.982. The number of nitrogens with zero attached hydrogens (tertiary/aromatic N) is 1. The molecule has 1 heterocycles. The van der Waals surface area contributed by atoms with Gasteiger partial charge >= 0.3 is 6.03 Å². The fourth-order valence-electron chi connectivity index (χ4n) is 1.02. The fourth-order valence-corrected chi connectivity index (χ4v) is 1.02. The van der Waals surface area contributed by atoms with Gasteiger partial charge in [-0.3, -0.25) is 9.59 Å². The molecule has 0 spiro atoms. The number of imide groups is 3. The molecule has 1 fully saturated rings. The van der Waals surface area contributed by atoms with E-state index in [1.165, 1.54) is 0 Å². The third kappa shape index (κ3) is 1.09. The molecule has 0 unspecified atom stereocenters. The highest BCUT2D eigenvalue weighted by Crippen LogP contribution is 2.17. The number of hydrogen-bond donors (Lipinski definition) is 1. The van der Waals surface area contributed by atoms with E-state index in [0.29, 0.717) is 4.90 Å². The summed E-state index contributed by atoms with van der Waals surface area (Å²) in [6.07, 6.45) is 0.0851. The normalized spacial score (nSPS) is 24.5. The summed E-state index contributed by atoms with van der Waals surface area (Å²) < 4.78 is 0. The zero-order chi connectivity index (χ0) is 8.59. The van der Waals surface area contributed by atoms with Crippen LogP contribution >= 0.6 is 0 Å². The Kier molecular flexibility index (Phi) is 1.64. The van der Waals surface area contributed by atoms with Gasteiger partial charge in [0, 0.05) is 12.3 Å². The van der Waals surface area contributed by atoms with Gasteiger partial charge in [-0.1, -0.05) is 6.92 Å². The SMILES string of the molecule is C[C@@H]1CC(=O)N(C(N)=O)C1=O. The largest absolute Gasteiger partial charge is 0.351 e. The summed E-state index contributed by atoms with van der Waals surface area (Å²) in [6.45, 7) is 1.59. The van der Waals surface area contributed by atoms with Gasteiger partial charge in [0.25, 0.3) is 0 Å². The smallest absolute Gasteiger partial charge is 0.328 e. The Balaban J connectivity index is 2.88. The second-order valence-corrected chi connectivity index (χ2v) is 2.51. The maximum atomic E-state index is 11.0. The molecular weight excluding hydrogens is 148 g/mol. The lowest BCUT2D eigenvalue weighted by atomic mass is 10.1. The summed E-state index contributed by atoms with van der Waals surface area (Å²) in [4.78, 5) is 32.8. The van der Waals surface area contributed by atoms with Crippen LogP contribution in [0.5, 0.6) is 0 Å². The average molecular weight is 156 g/mol. The number of carbonyl (C=O) groups is 3. The van der Waals surface area contributed by atoms with Gasteiger partial charge in [0.05, 0.1) is 0 Å². The Morgan fingerprint density at radius 2 is 2.18 bits per heavy atom. The molecule has 0 aliphatic carbocycles. The number of carbonyl (C=O) groups excluding carboxylic acids is 3. The first-order chi connectivity index (χ1) is 5.04. The quantitative estimate of drug-likeness (QED) is 0.478. The highest BCUT2D eigenvalue weighted by Gasteiger charge is 2.38. The molecule has 5 nitrogen and oxygen atoms in total. The molecule has 1 atom stereocenters. The molecule has 0 bridgehead atoms. The van der Waals surface area contributed by atoms with Crippen LogP contribution in [0.2, 0.25) is 0 Å². The highest BCUT2D eigenvalue weighted by molar-refractivity contribution is 6.15. The second-order valence-electron chi connectivity index (χ2n) is 2.51. The molecule has 11 heavy (non-hydrogen) atoms. The molecule has 1 aliphatic rings. The molecule has 1 rings (SSSR count). The van der Waals surface area contributed by atoms with Gasteiger partial charge in [0.15, 0.2) is 0 Å². The lowest BCUT2D eigenvalue weighted by molar-refractivity contribution is -0.135. The summed E-state index contributed by atoms with van der Waals surface area (Å²) in [5.41, 5.74) is 4.79. The van der Waals surface area contributed by atoms with E-state index in [2.05, 4.69) is 0 Å². The van der Waals surface area contributed by atoms with E-state index in [0.717, 1.165) is 0 Å². The van der Waals surface area contributed by atoms with E-state index in [4.69, 9.17) is 5.73 Å².